The number of aryl methyl sites for hydroxylation is 2. The highest BCUT2D eigenvalue weighted by molar-refractivity contribution is 7.99. The standard InChI is InChI=1S/C18H22N2S/c1-13-5-2-8-15(11-13)21-12-17(19)16-9-3-6-14-7-4-10-20-18(14)16/h2,4-5,7-8,10-11,16-17H,3,6,9,12,19H2,1H3. The Morgan fingerprint density at radius 3 is 3.10 bits per heavy atom. The molecule has 1 heterocycles. The molecule has 1 aliphatic rings. The molecule has 1 aromatic heterocycles. The molecule has 0 amide bonds. The number of nitrogens with two attached hydrogens (primary N) is 1. The van der Waals surface area contributed by atoms with E-state index < -0.39 is 0 Å². The van der Waals surface area contributed by atoms with Crippen LogP contribution in [0.2, 0.25) is 0 Å². The van der Waals surface area contributed by atoms with Gasteiger partial charge in [-0.15, -0.1) is 11.8 Å². The van der Waals surface area contributed by atoms with E-state index in [2.05, 4.69) is 42.2 Å². The lowest BCUT2D eigenvalue weighted by Gasteiger charge is -2.28. The third-order valence-corrected chi connectivity index (χ3v) is 5.33. The summed E-state index contributed by atoms with van der Waals surface area (Å²) in [4.78, 5) is 5.91. The van der Waals surface area contributed by atoms with Crippen molar-refractivity contribution in [2.45, 2.75) is 43.0 Å². The molecule has 0 fully saturated rings. The van der Waals surface area contributed by atoms with Gasteiger partial charge in [-0.05, 0) is 49.9 Å². The molecular formula is C18H22N2S. The number of fused-ring (bicyclic) bond motifs is 1. The molecule has 2 unspecified atom stereocenters. The van der Waals surface area contributed by atoms with E-state index in [1.54, 1.807) is 0 Å². The van der Waals surface area contributed by atoms with Gasteiger partial charge in [0, 0.05) is 34.5 Å². The predicted molar refractivity (Wildman–Crippen MR) is 89.8 cm³/mol. The van der Waals surface area contributed by atoms with E-state index in [-0.39, 0.29) is 6.04 Å². The van der Waals surface area contributed by atoms with Crippen LogP contribution in [0.3, 0.4) is 0 Å². The SMILES string of the molecule is Cc1cccc(SCC(N)C2CCCc3cccnc32)c1. The van der Waals surface area contributed by atoms with Gasteiger partial charge < -0.3 is 5.73 Å². The fraction of sp³-hybridized carbons (Fsp3) is 0.389. The van der Waals surface area contributed by atoms with Gasteiger partial charge in [-0.25, -0.2) is 0 Å². The summed E-state index contributed by atoms with van der Waals surface area (Å²) in [6, 6.07) is 13.0. The van der Waals surface area contributed by atoms with E-state index in [1.807, 2.05) is 24.0 Å². The lowest BCUT2D eigenvalue weighted by molar-refractivity contribution is 0.477. The topological polar surface area (TPSA) is 38.9 Å². The minimum absolute atomic E-state index is 0.171. The minimum atomic E-state index is 0.171. The molecule has 0 aliphatic heterocycles. The zero-order valence-electron chi connectivity index (χ0n) is 12.5. The van der Waals surface area contributed by atoms with E-state index in [4.69, 9.17) is 5.73 Å². The molecule has 2 N–H and O–H groups in total. The minimum Gasteiger partial charge on any atom is -0.326 e. The van der Waals surface area contributed by atoms with Crippen LogP contribution in [-0.2, 0) is 6.42 Å². The van der Waals surface area contributed by atoms with Crippen molar-refractivity contribution < 1.29 is 0 Å². The van der Waals surface area contributed by atoms with Crippen LogP contribution in [0.1, 0.15) is 35.6 Å². The van der Waals surface area contributed by atoms with Crippen LogP contribution in [0.25, 0.3) is 0 Å². The van der Waals surface area contributed by atoms with E-state index in [0.717, 1.165) is 12.2 Å². The van der Waals surface area contributed by atoms with Crippen molar-refractivity contribution in [1.29, 1.82) is 0 Å². The Morgan fingerprint density at radius 1 is 1.33 bits per heavy atom. The maximum absolute atomic E-state index is 6.49. The smallest absolute Gasteiger partial charge is 0.0482 e. The zero-order chi connectivity index (χ0) is 14.7. The number of hydrogen-bond donors (Lipinski definition) is 1. The van der Waals surface area contributed by atoms with E-state index in [1.165, 1.54) is 34.6 Å². The Kier molecular flexibility index (Phi) is 4.61. The lowest BCUT2D eigenvalue weighted by Crippen LogP contribution is -2.33. The van der Waals surface area contributed by atoms with Gasteiger partial charge in [0.15, 0.2) is 0 Å². The molecule has 2 nitrogen and oxygen atoms in total. The first-order valence-corrected chi connectivity index (χ1v) is 8.61. The number of aromatic nitrogens is 1. The third-order valence-electron chi connectivity index (χ3n) is 4.19. The second-order valence-electron chi connectivity index (χ2n) is 5.84. The Labute approximate surface area is 131 Å². The molecule has 0 saturated heterocycles. The van der Waals surface area contributed by atoms with E-state index >= 15 is 0 Å². The van der Waals surface area contributed by atoms with Crippen molar-refractivity contribution in [2.75, 3.05) is 5.75 Å². The number of nitrogens with zero attached hydrogens (tertiary/aromatic N) is 1. The van der Waals surface area contributed by atoms with Crippen molar-refractivity contribution in [3.8, 4) is 0 Å². The van der Waals surface area contributed by atoms with E-state index in [9.17, 15) is 0 Å². The van der Waals surface area contributed by atoms with Gasteiger partial charge in [0.05, 0.1) is 0 Å². The van der Waals surface area contributed by atoms with Gasteiger partial charge >= 0.3 is 0 Å². The number of hydrogen-bond acceptors (Lipinski definition) is 3. The summed E-state index contributed by atoms with van der Waals surface area (Å²) in [5.41, 5.74) is 10.4. The van der Waals surface area contributed by atoms with Crippen LogP contribution in [0.5, 0.6) is 0 Å². The predicted octanol–water partition coefficient (Wildman–Crippen LogP) is 3.93. The number of pyridine rings is 1. The van der Waals surface area contributed by atoms with Crippen molar-refractivity contribution in [2.24, 2.45) is 5.73 Å². The van der Waals surface area contributed by atoms with Crippen LogP contribution in [0.15, 0.2) is 47.5 Å². The average Bonchev–Trinajstić information content (AvgIpc) is 2.52. The third kappa shape index (κ3) is 3.47. The molecule has 0 bridgehead atoms. The Balaban J connectivity index is 1.67. The summed E-state index contributed by atoms with van der Waals surface area (Å²) in [6.45, 7) is 2.13. The molecule has 0 radical (unpaired) electrons. The summed E-state index contributed by atoms with van der Waals surface area (Å²) < 4.78 is 0. The summed E-state index contributed by atoms with van der Waals surface area (Å²) in [5.74, 6) is 1.36. The van der Waals surface area contributed by atoms with Crippen molar-refractivity contribution in [3.63, 3.8) is 0 Å². The zero-order valence-corrected chi connectivity index (χ0v) is 13.3. The molecule has 1 aliphatic carbocycles. The van der Waals surface area contributed by atoms with Crippen LogP contribution >= 0.6 is 11.8 Å². The largest absolute Gasteiger partial charge is 0.326 e. The summed E-state index contributed by atoms with van der Waals surface area (Å²) >= 11 is 1.86. The van der Waals surface area contributed by atoms with Crippen molar-refractivity contribution in [1.82, 2.24) is 4.98 Å². The molecule has 3 rings (SSSR count). The number of rotatable bonds is 4. The molecular weight excluding hydrogens is 276 g/mol. The van der Waals surface area contributed by atoms with Crippen LogP contribution in [0.4, 0.5) is 0 Å². The molecule has 2 atom stereocenters. The average molecular weight is 298 g/mol. The van der Waals surface area contributed by atoms with Gasteiger partial charge in [-0.3, -0.25) is 4.98 Å². The first kappa shape index (κ1) is 14.6. The number of thioether (sulfide) groups is 1. The second-order valence-corrected chi connectivity index (χ2v) is 6.93. The maximum atomic E-state index is 6.49. The normalized spacial score (nSPS) is 19.0. The first-order valence-electron chi connectivity index (χ1n) is 7.63. The highest BCUT2D eigenvalue weighted by Gasteiger charge is 2.26. The van der Waals surface area contributed by atoms with Gasteiger partial charge in [0.1, 0.15) is 0 Å². The number of benzene rings is 1. The summed E-state index contributed by atoms with van der Waals surface area (Å²) in [6.07, 6.45) is 5.45. The Bertz CT molecular complexity index is 612. The van der Waals surface area contributed by atoms with Crippen LogP contribution in [-0.4, -0.2) is 16.8 Å². The molecule has 0 saturated carbocycles. The fourth-order valence-corrected chi connectivity index (χ4v) is 4.14. The highest BCUT2D eigenvalue weighted by Crippen LogP contribution is 2.33. The molecule has 3 heteroatoms. The first-order chi connectivity index (χ1) is 10.2. The highest BCUT2D eigenvalue weighted by atomic mass is 32.2. The molecule has 21 heavy (non-hydrogen) atoms. The quantitative estimate of drug-likeness (QED) is 0.869. The van der Waals surface area contributed by atoms with Crippen molar-refractivity contribution in [3.05, 3.63) is 59.4 Å². The summed E-state index contributed by atoms with van der Waals surface area (Å²) in [7, 11) is 0. The van der Waals surface area contributed by atoms with Crippen LogP contribution in [0, 0.1) is 6.92 Å². The van der Waals surface area contributed by atoms with Gasteiger partial charge in [0.2, 0.25) is 0 Å². The monoisotopic (exact) mass is 298 g/mol. The molecule has 2 aromatic rings. The van der Waals surface area contributed by atoms with Gasteiger partial charge in [0.25, 0.3) is 0 Å². The molecule has 1 aromatic carbocycles. The fourth-order valence-electron chi connectivity index (χ4n) is 3.08. The van der Waals surface area contributed by atoms with E-state index in [0.29, 0.717) is 5.92 Å². The van der Waals surface area contributed by atoms with Crippen molar-refractivity contribution >= 4 is 11.8 Å². The lowest BCUT2D eigenvalue weighted by atomic mass is 9.83. The summed E-state index contributed by atoms with van der Waals surface area (Å²) in [5, 5.41) is 0. The Morgan fingerprint density at radius 2 is 2.24 bits per heavy atom. The maximum Gasteiger partial charge on any atom is 0.0482 e. The molecule has 0 spiro atoms. The van der Waals surface area contributed by atoms with Gasteiger partial charge in [-0.1, -0.05) is 23.8 Å². The molecule has 110 valence electrons. The van der Waals surface area contributed by atoms with Crippen LogP contribution < -0.4 is 5.73 Å². The Hall–Kier alpha value is -1.32. The van der Waals surface area contributed by atoms with Gasteiger partial charge in [-0.2, -0.15) is 0 Å². The second kappa shape index (κ2) is 6.63.